The van der Waals surface area contributed by atoms with Crippen LogP contribution in [0, 0.1) is 6.92 Å². The first-order chi connectivity index (χ1) is 9.56. The van der Waals surface area contributed by atoms with Gasteiger partial charge < -0.3 is 15.0 Å². The Morgan fingerprint density at radius 1 is 1.35 bits per heavy atom. The van der Waals surface area contributed by atoms with Gasteiger partial charge in [-0.2, -0.15) is 0 Å². The first-order valence-corrected chi connectivity index (χ1v) is 7.72. The van der Waals surface area contributed by atoms with Gasteiger partial charge in [0.05, 0.1) is 12.7 Å². The van der Waals surface area contributed by atoms with Gasteiger partial charge in [-0.05, 0) is 50.8 Å². The van der Waals surface area contributed by atoms with Crippen LogP contribution in [-0.2, 0) is 11.3 Å². The number of hydrogen-bond donors (Lipinski definition) is 1. The third kappa shape index (κ3) is 4.80. The molecule has 0 unspecified atom stereocenters. The Bertz CT molecular complexity index is 427. The molecule has 0 aliphatic heterocycles. The average molecular weight is 276 g/mol. The molecule has 0 heterocycles. The first-order valence-electron chi connectivity index (χ1n) is 7.72. The molecule has 1 saturated carbocycles. The standard InChI is InChI=1S/C17H28N2O/c1-13(2)20-10-9-19(4)17-8-5-15(11-14(17)3)12-18-16-6-7-16/h5,8,11,13,16,18H,6-7,9-10,12H2,1-4H3. The van der Waals surface area contributed by atoms with E-state index in [1.165, 1.54) is 29.7 Å². The number of hydrogen-bond acceptors (Lipinski definition) is 3. The second-order valence-corrected chi connectivity index (χ2v) is 6.12. The van der Waals surface area contributed by atoms with Crippen molar-refractivity contribution in [2.45, 2.75) is 52.3 Å². The highest BCUT2D eigenvalue weighted by Crippen LogP contribution is 2.22. The molecule has 0 bridgehead atoms. The number of likely N-dealkylation sites (N-methyl/N-ethyl adjacent to an activating group) is 1. The number of aryl methyl sites for hydroxylation is 1. The number of rotatable bonds is 8. The highest BCUT2D eigenvalue weighted by Gasteiger charge is 2.19. The summed E-state index contributed by atoms with van der Waals surface area (Å²) in [5.41, 5.74) is 4.02. The van der Waals surface area contributed by atoms with Crippen LogP contribution in [0.25, 0.3) is 0 Å². The second-order valence-electron chi connectivity index (χ2n) is 6.12. The fourth-order valence-electron chi connectivity index (χ4n) is 2.35. The van der Waals surface area contributed by atoms with E-state index < -0.39 is 0 Å². The Labute approximate surface area is 123 Å². The lowest BCUT2D eigenvalue weighted by atomic mass is 10.1. The molecule has 3 nitrogen and oxygen atoms in total. The van der Waals surface area contributed by atoms with Gasteiger partial charge in [-0.25, -0.2) is 0 Å². The molecule has 3 heteroatoms. The monoisotopic (exact) mass is 276 g/mol. The van der Waals surface area contributed by atoms with E-state index in [9.17, 15) is 0 Å². The molecule has 1 N–H and O–H groups in total. The minimum atomic E-state index is 0.306. The molecule has 112 valence electrons. The zero-order valence-corrected chi connectivity index (χ0v) is 13.3. The zero-order valence-electron chi connectivity index (χ0n) is 13.3. The minimum absolute atomic E-state index is 0.306. The van der Waals surface area contributed by atoms with Crippen molar-refractivity contribution >= 4 is 5.69 Å². The van der Waals surface area contributed by atoms with E-state index in [4.69, 9.17) is 4.74 Å². The smallest absolute Gasteiger partial charge is 0.0644 e. The van der Waals surface area contributed by atoms with Crippen molar-refractivity contribution < 1.29 is 4.74 Å². The fourth-order valence-corrected chi connectivity index (χ4v) is 2.35. The summed E-state index contributed by atoms with van der Waals surface area (Å²) in [7, 11) is 2.13. The molecule has 1 fully saturated rings. The van der Waals surface area contributed by atoms with E-state index in [1.54, 1.807) is 0 Å². The molecule has 0 radical (unpaired) electrons. The average Bonchev–Trinajstić information content (AvgIpc) is 3.19. The topological polar surface area (TPSA) is 24.5 Å². The third-order valence-electron chi connectivity index (χ3n) is 3.72. The van der Waals surface area contributed by atoms with Crippen LogP contribution in [0.4, 0.5) is 5.69 Å². The highest BCUT2D eigenvalue weighted by atomic mass is 16.5. The number of ether oxygens (including phenoxy) is 1. The number of nitrogens with zero attached hydrogens (tertiary/aromatic N) is 1. The molecule has 0 amide bonds. The van der Waals surface area contributed by atoms with E-state index in [1.807, 2.05) is 0 Å². The van der Waals surface area contributed by atoms with E-state index >= 15 is 0 Å². The fraction of sp³-hybridized carbons (Fsp3) is 0.647. The van der Waals surface area contributed by atoms with E-state index in [0.717, 1.165) is 25.7 Å². The van der Waals surface area contributed by atoms with Crippen molar-refractivity contribution in [2.75, 3.05) is 25.1 Å². The molecular weight excluding hydrogens is 248 g/mol. The summed E-state index contributed by atoms with van der Waals surface area (Å²) in [5.74, 6) is 0. The van der Waals surface area contributed by atoms with Gasteiger partial charge >= 0.3 is 0 Å². The summed E-state index contributed by atoms with van der Waals surface area (Å²) in [6.07, 6.45) is 2.99. The molecule has 0 spiro atoms. The van der Waals surface area contributed by atoms with Gasteiger partial charge in [0.1, 0.15) is 0 Å². The van der Waals surface area contributed by atoms with Crippen LogP contribution < -0.4 is 10.2 Å². The lowest BCUT2D eigenvalue weighted by Gasteiger charge is -2.22. The predicted octanol–water partition coefficient (Wildman–Crippen LogP) is 3.11. The second kappa shape index (κ2) is 7.09. The van der Waals surface area contributed by atoms with Gasteiger partial charge in [0.15, 0.2) is 0 Å². The molecule has 0 aromatic heterocycles. The third-order valence-corrected chi connectivity index (χ3v) is 3.72. The summed E-state index contributed by atoms with van der Waals surface area (Å²) < 4.78 is 5.62. The molecule has 0 atom stereocenters. The van der Waals surface area contributed by atoms with Crippen LogP contribution in [-0.4, -0.2) is 32.3 Å². The molecule has 0 saturated heterocycles. The molecule has 1 aliphatic carbocycles. The Morgan fingerprint density at radius 3 is 2.70 bits per heavy atom. The maximum absolute atomic E-state index is 5.62. The van der Waals surface area contributed by atoms with Crippen molar-refractivity contribution in [2.24, 2.45) is 0 Å². The summed E-state index contributed by atoms with van der Waals surface area (Å²) in [6, 6.07) is 7.53. The Morgan fingerprint density at radius 2 is 2.10 bits per heavy atom. The minimum Gasteiger partial charge on any atom is -0.377 e. The van der Waals surface area contributed by atoms with Crippen molar-refractivity contribution in [3.63, 3.8) is 0 Å². The molecular formula is C17H28N2O. The SMILES string of the molecule is Cc1cc(CNC2CC2)ccc1N(C)CCOC(C)C. The molecule has 1 aromatic rings. The largest absolute Gasteiger partial charge is 0.377 e. The molecule has 1 aromatic carbocycles. The summed E-state index contributed by atoms with van der Waals surface area (Å²) in [5, 5.41) is 3.56. The van der Waals surface area contributed by atoms with Gasteiger partial charge in [-0.15, -0.1) is 0 Å². The zero-order chi connectivity index (χ0) is 14.5. The molecule has 2 rings (SSSR count). The van der Waals surface area contributed by atoms with Crippen LogP contribution in [0.2, 0.25) is 0 Å². The maximum atomic E-state index is 5.62. The molecule has 1 aliphatic rings. The van der Waals surface area contributed by atoms with Gasteiger partial charge in [0.2, 0.25) is 0 Å². The summed E-state index contributed by atoms with van der Waals surface area (Å²) >= 11 is 0. The van der Waals surface area contributed by atoms with Crippen LogP contribution in [0.3, 0.4) is 0 Å². The number of benzene rings is 1. The van der Waals surface area contributed by atoms with E-state index in [0.29, 0.717) is 6.10 Å². The first kappa shape index (κ1) is 15.3. The van der Waals surface area contributed by atoms with Gasteiger partial charge in [-0.3, -0.25) is 0 Å². The van der Waals surface area contributed by atoms with Gasteiger partial charge in [-0.1, -0.05) is 12.1 Å². The quantitative estimate of drug-likeness (QED) is 0.789. The lowest BCUT2D eigenvalue weighted by molar-refractivity contribution is 0.0846. The van der Waals surface area contributed by atoms with Crippen LogP contribution in [0.5, 0.6) is 0 Å². The maximum Gasteiger partial charge on any atom is 0.0644 e. The van der Waals surface area contributed by atoms with Crippen molar-refractivity contribution in [3.8, 4) is 0 Å². The number of nitrogens with one attached hydrogen (secondary N) is 1. The van der Waals surface area contributed by atoms with Crippen molar-refractivity contribution in [1.29, 1.82) is 0 Å². The summed E-state index contributed by atoms with van der Waals surface area (Å²) in [4.78, 5) is 2.27. The van der Waals surface area contributed by atoms with E-state index in [-0.39, 0.29) is 0 Å². The Kier molecular flexibility index (Phi) is 5.44. The van der Waals surface area contributed by atoms with Crippen LogP contribution >= 0.6 is 0 Å². The van der Waals surface area contributed by atoms with Gasteiger partial charge in [0, 0.05) is 31.9 Å². The van der Waals surface area contributed by atoms with Gasteiger partial charge in [0.25, 0.3) is 0 Å². The summed E-state index contributed by atoms with van der Waals surface area (Å²) in [6.45, 7) is 9.04. The van der Waals surface area contributed by atoms with Crippen LogP contribution in [0.15, 0.2) is 18.2 Å². The van der Waals surface area contributed by atoms with E-state index in [2.05, 4.69) is 56.2 Å². The lowest BCUT2D eigenvalue weighted by Crippen LogP contribution is -2.24. The Hall–Kier alpha value is -1.06. The number of anilines is 1. The normalized spacial score (nSPS) is 14.8. The van der Waals surface area contributed by atoms with Crippen LogP contribution in [0.1, 0.15) is 37.8 Å². The highest BCUT2D eigenvalue weighted by molar-refractivity contribution is 5.53. The van der Waals surface area contributed by atoms with Crippen molar-refractivity contribution in [3.05, 3.63) is 29.3 Å². The van der Waals surface area contributed by atoms with Crippen molar-refractivity contribution in [1.82, 2.24) is 5.32 Å². The molecule has 20 heavy (non-hydrogen) atoms. The Balaban J connectivity index is 1.86. The predicted molar refractivity (Wildman–Crippen MR) is 85.4 cm³/mol.